The molecule has 0 aromatic heterocycles. The van der Waals surface area contributed by atoms with E-state index in [1.54, 1.807) is 14.2 Å². The molecule has 1 aromatic rings. The molecule has 1 fully saturated rings. The van der Waals surface area contributed by atoms with Crippen molar-refractivity contribution in [2.24, 2.45) is 10.4 Å². The van der Waals surface area contributed by atoms with Gasteiger partial charge in [-0.2, -0.15) is 0 Å². The topological polar surface area (TPSA) is 58.1 Å². The van der Waals surface area contributed by atoms with E-state index < -0.39 is 0 Å². The van der Waals surface area contributed by atoms with Crippen LogP contribution in [0.4, 0.5) is 0 Å². The first-order valence-corrected chi connectivity index (χ1v) is 9.78. The van der Waals surface area contributed by atoms with Gasteiger partial charge in [0.15, 0.2) is 5.96 Å². The second-order valence-electron chi connectivity index (χ2n) is 7.62. The van der Waals surface area contributed by atoms with Gasteiger partial charge in [0, 0.05) is 39.4 Å². The number of halogens is 1. The predicted octanol–water partition coefficient (Wildman–Crippen LogP) is 3.29. The number of nitrogens with zero attached hydrogens (tertiary/aromatic N) is 2. The quantitative estimate of drug-likeness (QED) is 0.291. The zero-order valence-corrected chi connectivity index (χ0v) is 20.3. The molecule has 1 saturated carbocycles. The van der Waals surface area contributed by atoms with Gasteiger partial charge in [0.05, 0.1) is 13.2 Å². The number of guanidine groups is 1. The standard InChI is InChI=1S/C21H36N4O2.HI/c1-22-20(24-16-21(11-8-12-21)13-14-26-4)23-15-18(25(2)3)17-9-6-7-10-19(17)27-5;/h6-7,9-10,18H,8,11-16H2,1-5H3,(H2,22,23,24);1H. The largest absolute Gasteiger partial charge is 0.496 e. The van der Waals surface area contributed by atoms with Gasteiger partial charge in [-0.3, -0.25) is 4.99 Å². The summed E-state index contributed by atoms with van der Waals surface area (Å²) in [4.78, 5) is 6.61. The minimum Gasteiger partial charge on any atom is -0.496 e. The van der Waals surface area contributed by atoms with Gasteiger partial charge in [0.25, 0.3) is 0 Å². The molecule has 2 N–H and O–H groups in total. The number of para-hydroxylation sites is 1. The van der Waals surface area contributed by atoms with E-state index in [1.807, 2.05) is 19.2 Å². The highest BCUT2D eigenvalue weighted by Gasteiger charge is 2.36. The molecule has 0 spiro atoms. The molecule has 6 nitrogen and oxygen atoms in total. The molecule has 1 aliphatic carbocycles. The Bertz CT molecular complexity index is 606. The normalized spacial score (nSPS) is 16.7. The maximum atomic E-state index is 5.55. The molecule has 1 aliphatic rings. The second kappa shape index (κ2) is 12.5. The van der Waals surface area contributed by atoms with Crippen LogP contribution < -0.4 is 15.4 Å². The molecule has 2 rings (SSSR count). The molecule has 0 saturated heterocycles. The van der Waals surface area contributed by atoms with E-state index in [9.17, 15) is 0 Å². The third-order valence-electron chi connectivity index (χ3n) is 5.69. The average molecular weight is 504 g/mol. The Morgan fingerprint density at radius 3 is 2.46 bits per heavy atom. The van der Waals surface area contributed by atoms with E-state index in [-0.39, 0.29) is 30.0 Å². The Balaban J connectivity index is 0.00000392. The summed E-state index contributed by atoms with van der Waals surface area (Å²) in [5, 5.41) is 7.02. The Morgan fingerprint density at radius 2 is 1.93 bits per heavy atom. The molecule has 1 unspecified atom stereocenters. The molecule has 1 aromatic carbocycles. The van der Waals surface area contributed by atoms with Gasteiger partial charge in [0.2, 0.25) is 0 Å². The third-order valence-corrected chi connectivity index (χ3v) is 5.69. The summed E-state index contributed by atoms with van der Waals surface area (Å²) in [7, 11) is 9.49. The highest BCUT2D eigenvalue weighted by atomic mass is 127. The number of aliphatic imine (C=N–C) groups is 1. The number of nitrogens with one attached hydrogen (secondary N) is 2. The highest BCUT2D eigenvalue weighted by Crippen LogP contribution is 2.43. The predicted molar refractivity (Wildman–Crippen MR) is 127 cm³/mol. The van der Waals surface area contributed by atoms with E-state index >= 15 is 0 Å². The zero-order chi connectivity index (χ0) is 19.7. The van der Waals surface area contributed by atoms with Crippen molar-refractivity contribution < 1.29 is 9.47 Å². The van der Waals surface area contributed by atoms with Crippen LogP contribution in [0.2, 0.25) is 0 Å². The summed E-state index contributed by atoms with van der Waals surface area (Å²) in [6.45, 7) is 2.51. The van der Waals surface area contributed by atoms with Crippen LogP contribution in [-0.2, 0) is 4.74 Å². The lowest BCUT2D eigenvalue weighted by atomic mass is 9.67. The lowest BCUT2D eigenvalue weighted by molar-refractivity contribution is 0.0732. The van der Waals surface area contributed by atoms with Crippen molar-refractivity contribution in [2.45, 2.75) is 31.7 Å². The first-order chi connectivity index (χ1) is 13.0. The second-order valence-corrected chi connectivity index (χ2v) is 7.62. The number of likely N-dealkylation sites (N-methyl/N-ethyl adjacent to an activating group) is 1. The molecular formula is C21H37IN4O2. The average Bonchev–Trinajstić information content (AvgIpc) is 2.65. The van der Waals surface area contributed by atoms with Crippen molar-refractivity contribution in [2.75, 3.05) is 55.1 Å². The fourth-order valence-electron chi connectivity index (χ4n) is 3.71. The van der Waals surface area contributed by atoms with E-state index in [0.717, 1.165) is 37.8 Å². The van der Waals surface area contributed by atoms with Gasteiger partial charge in [-0.05, 0) is 44.8 Å². The Kier molecular flexibility index (Phi) is 11.1. The van der Waals surface area contributed by atoms with E-state index in [0.29, 0.717) is 5.41 Å². The summed E-state index contributed by atoms with van der Waals surface area (Å²) in [5.41, 5.74) is 1.53. The number of ether oxygens (including phenoxy) is 2. The fourth-order valence-corrected chi connectivity index (χ4v) is 3.71. The van der Waals surface area contributed by atoms with Crippen molar-refractivity contribution >= 4 is 29.9 Å². The van der Waals surface area contributed by atoms with Gasteiger partial charge in [-0.1, -0.05) is 24.6 Å². The van der Waals surface area contributed by atoms with Crippen LogP contribution in [0.15, 0.2) is 29.3 Å². The Morgan fingerprint density at radius 1 is 1.21 bits per heavy atom. The minimum atomic E-state index is 0. The monoisotopic (exact) mass is 504 g/mol. The maximum absolute atomic E-state index is 5.55. The van der Waals surface area contributed by atoms with Crippen molar-refractivity contribution in [3.05, 3.63) is 29.8 Å². The van der Waals surface area contributed by atoms with Gasteiger partial charge in [-0.25, -0.2) is 0 Å². The first-order valence-electron chi connectivity index (χ1n) is 9.78. The number of hydrogen-bond donors (Lipinski definition) is 2. The maximum Gasteiger partial charge on any atom is 0.191 e. The van der Waals surface area contributed by atoms with E-state index in [1.165, 1.54) is 24.8 Å². The number of hydrogen-bond acceptors (Lipinski definition) is 4. The van der Waals surface area contributed by atoms with Crippen LogP contribution in [0.3, 0.4) is 0 Å². The summed E-state index contributed by atoms with van der Waals surface area (Å²) < 4.78 is 10.8. The summed E-state index contributed by atoms with van der Waals surface area (Å²) in [6.07, 6.45) is 4.95. The molecule has 28 heavy (non-hydrogen) atoms. The van der Waals surface area contributed by atoms with Crippen molar-refractivity contribution in [3.63, 3.8) is 0 Å². The molecular weight excluding hydrogens is 467 g/mol. The van der Waals surface area contributed by atoms with Crippen molar-refractivity contribution in [1.82, 2.24) is 15.5 Å². The molecule has 7 heteroatoms. The highest BCUT2D eigenvalue weighted by molar-refractivity contribution is 14.0. The number of methoxy groups -OCH3 is 2. The Hall–Kier alpha value is -1.06. The van der Waals surface area contributed by atoms with E-state index in [4.69, 9.17) is 9.47 Å². The van der Waals surface area contributed by atoms with Crippen LogP contribution in [0, 0.1) is 5.41 Å². The van der Waals surface area contributed by atoms with Crippen molar-refractivity contribution in [3.8, 4) is 5.75 Å². The summed E-state index contributed by atoms with van der Waals surface area (Å²) >= 11 is 0. The van der Waals surface area contributed by atoms with Gasteiger partial charge in [0.1, 0.15) is 5.75 Å². The first kappa shape index (κ1) is 25.0. The molecule has 0 aliphatic heterocycles. The van der Waals surface area contributed by atoms with Crippen LogP contribution in [0.1, 0.15) is 37.3 Å². The van der Waals surface area contributed by atoms with Gasteiger partial charge in [-0.15, -0.1) is 24.0 Å². The van der Waals surface area contributed by atoms with Crippen LogP contribution >= 0.6 is 24.0 Å². The molecule has 1 atom stereocenters. The number of benzene rings is 1. The van der Waals surface area contributed by atoms with Gasteiger partial charge >= 0.3 is 0 Å². The smallest absolute Gasteiger partial charge is 0.191 e. The summed E-state index contributed by atoms with van der Waals surface area (Å²) in [5.74, 6) is 1.76. The van der Waals surface area contributed by atoms with Crippen LogP contribution in [-0.4, -0.2) is 65.9 Å². The molecule has 0 radical (unpaired) electrons. The molecule has 0 amide bonds. The number of rotatable bonds is 10. The molecule has 0 bridgehead atoms. The van der Waals surface area contributed by atoms with Crippen molar-refractivity contribution in [1.29, 1.82) is 0 Å². The Labute approximate surface area is 187 Å². The lowest BCUT2D eigenvalue weighted by Crippen LogP contribution is -2.48. The third kappa shape index (κ3) is 6.77. The fraction of sp³-hybridized carbons (Fsp3) is 0.667. The van der Waals surface area contributed by atoms with Gasteiger partial charge < -0.3 is 25.0 Å². The SMILES string of the molecule is CN=C(NCC(c1ccccc1OC)N(C)C)NCC1(CCOC)CCC1.I. The van der Waals surface area contributed by atoms with Crippen LogP contribution in [0.25, 0.3) is 0 Å². The lowest BCUT2D eigenvalue weighted by Gasteiger charge is -2.42. The minimum absolute atomic E-state index is 0. The summed E-state index contributed by atoms with van der Waals surface area (Å²) in [6, 6.07) is 8.37. The molecule has 0 heterocycles. The van der Waals surface area contributed by atoms with E-state index in [2.05, 4.69) is 46.8 Å². The van der Waals surface area contributed by atoms with Crippen LogP contribution in [0.5, 0.6) is 5.75 Å². The molecule has 160 valence electrons. The zero-order valence-electron chi connectivity index (χ0n) is 18.0.